The Morgan fingerprint density at radius 2 is 1.83 bits per heavy atom. The van der Waals surface area contributed by atoms with E-state index in [9.17, 15) is 22.1 Å². The first kappa shape index (κ1) is 12.5. The van der Waals surface area contributed by atoms with Crippen molar-refractivity contribution in [3.8, 4) is 0 Å². The molecule has 74 valence electrons. The van der Waals surface area contributed by atoms with Gasteiger partial charge in [-0.3, -0.25) is 9.09 Å². The van der Waals surface area contributed by atoms with E-state index in [1.807, 2.05) is 0 Å². The number of hydrogen-bond donors (Lipinski definition) is 0. The second-order valence-corrected chi connectivity index (χ2v) is 6.03. The molecule has 0 saturated carbocycles. The molecule has 0 N–H and O–H groups in total. The minimum atomic E-state index is -4.39. The Hall–Kier alpha value is 0.490. The summed E-state index contributed by atoms with van der Waals surface area (Å²) in [5.41, 5.74) is 0. The Morgan fingerprint density at radius 3 is 2.08 bits per heavy atom. The average Bonchev–Trinajstić information content (AvgIpc) is 1.82. The van der Waals surface area contributed by atoms with Crippen LogP contribution in [0.1, 0.15) is 0 Å². The van der Waals surface area contributed by atoms with Crippen LogP contribution in [-0.4, -0.2) is 19.0 Å². The van der Waals surface area contributed by atoms with Crippen LogP contribution in [0.5, 0.6) is 0 Å². The SMILES string of the molecule is O=P(Cl)(Cl)OCC(F)(F)C(F)F. The van der Waals surface area contributed by atoms with Gasteiger partial charge in [-0.15, -0.1) is 0 Å². The smallest absolute Gasteiger partial charge is 0.300 e. The summed E-state index contributed by atoms with van der Waals surface area (Å²) in [6.45, 7) is -1.77. The fourth-order valence-corrected chi connectivity index (χ4v) is 0.839. The Balaban J connectivity index is 4.01. The van der Waals surface area contributed by atoms with Gasteiger partial charge in [0.2, 0.25) is 0 Å². The lowest BCUT2D eigenvalue weighted by Crippen LogP contribution is -2.31. The van der Waals surface area contributed by atoms with Crippen LogP contribution in [0.2, 0.25) is 0 Å². The molecule has 12 heavy (non-hydrogen) atoms. The topological polar surface area (TPSA) is 26.3 Å². The number of halogens is 6. The monoisotopic (exact) mass is 248 g/mol. The van der Waals surface area contributed by atoms with Gasteiger partial charge in [0.15, 0.2) is 0 Å². The van der Waals surface area contributed by atoms with E-state index in [4.69, 9.17) is 0 Å². The molecule has 0 heterocycles. The summed E-state index contributed by atoms with van der Waals surface area (Å²) >= 11 is 9.33. The van der Waals surface area contributed by atoms with E-state index in [1.54, 1.807) is 0 Å². The van der Waals surface area contributed by atoms with E-state index in [0.29, 0.717) is 0 Å². The summed E-state index contributed by atoms with van der Waals surface area (Å²) < 4.78 is 60.5. The van der Waals surface area contributed by atoms with Gasteiger partial charge in [0, 0.05) is 0 Å². The quantitative estimate of drug-likeness (QED) is 0.563. The standard InChI is InChI=1S/C3H3Cl2F4O2P/c4-12(5,10)11-1-3(8,9)2(6)7/h2H,1H2. The Kier molecular flexibility index (Phi) is 4.30. The van der Waals surface area contributed by atoms with Gasteiger partial charge in [0.1, 0.15) is 6.61 Å². The molecule has 0 amide bonds. The van der Waals surface area contributed by atoms with Crippen molar-refractivity contribution in [3.05, 3.63) is 0 Å². The molecule has 0 spiro atoms. The van der Waals surface area contributed by atoms with Gasteiger partial charge >= 0.3 is 18.4 Å². The normalized spacial score (nSPS) is 13.9. The predicted octanol–water partition coefficient (Wildman–Crippen LogP) is 3.49. The Morgan fingerprint density at radius 1 is 1.42 bits per heavy atom. The molecular weight excluding hydrogens is 246 g/mol. The van der Waals surface area contributed by atoms with Crippen LogP contribution in [0.3, 0.4) is 0 Å². The van der Waals surface area contributed by atoms with E-state index < -0.39 is 25.0 Å². The maximum Gasteiger partial charge on any atom is 0.380 e. The fraction of sp³-hybridized carbons (Fsp3) is 1.00. The molecular formula is C3H3Cl2F4O2P. The predicted molar refractivity (Wildman–Crippen MR) is 36.2 cm³/mol. The van der Waals surface area contributed by atoms with E-state index in [2.05, 4.69) is 27.0 Å². The lowest BCUT2D eigenvalue weighted by molar-refractivity contribution is -0.147. The molecule has 0 radical (unpaired) electrons. The van der Waals surface area contributed by atoms with Crippen molar-refractivity contribution in [3.63, 3.8) is 0 Å². The maximum absolute atomic E-state index is 12.0. The van der Waals surface area contributed by atoms with Crippen molar-refractivity contribution >= 4 is 28.6 Å². The van der Waals surface area contributed by atoms with Crippen LogP contribution in [0, 0.1) is 0 Å². The first-order valence-electron chi connectivity index (χ1n) is 2.45. The van der Waals surface area contributed by atoms with Gasteiger partial charge in [0.25, 0.3) is 0 Å². The molecule has 0 aromatic carbocycles. The van der Waals surface area contributed by atoms with Crippen LogP contribution < -0.4 is 0 Å². The molecule has 0 aliphatic rings. The highest BCUT2D eigenvalue weighted by Gasteiger charge is 2.42. The summed E-state index contributed by atoms with van der Waals surface area (Å²) in [6, 6.07) is 0. The summed E-state index contributed by atoms with van der Waals surface area (Å²) in [6.07, 6.45) is -8.08. The largest absolute Gasteiger partial charge is 0.380 e. The zero-order valence-corrected chi connectivity index (χ0v) is 7.72. The van der Waals surface area contributed by atoms with Crippen molar-refractivity contribution in [2.45, 2.75) is 12.3 Å². The second-order valence-electron chi connectivity index (χ2n) is 1.75. The zero-order chi connectivity index (χ0) is 9.99. The lowest BCUT2D eigenvalue weighted by atomic mass is 10.4. The number of rotatable bonds is 4. The Bertz CT molecular complexity index is 193. The van der Waals surface area contributed by atoms with Gasteiger partial charge in [-0.1, -0.05) is 0 Å². The number of alkyl halides is 4. The lowest BCUT2D eigenvalue weighted by Gasteiger charge is -2.14. The highest BCUT2D eigenvalue weighted by Crippen LogP contribution is 2.58. The van der Waals surface area contributed by atoms with Crippen molar-refractivity contribution < 1.29 is 26.7 Å². The third-order valence-electron chi connectivity index (χ3n) is 0.727. The second kappa shape index (κ2) is 4.13. The molecule has 0 aliphatic heterocycles. The molecule has 0 atom stereocenters. The zero-order valence-electron chi connectivity index (χ0n) is 5.32. The molecule has 0 saturated heterocycles. The fourth-order valence-electron chi connectivity index (χ4n) is 0.224. The van der Waals surface area contributed by atoms with E-state index in [0.717, 1.165) is 0 Å². The van der Waals surface area contributed by atoms with Gasteiger partial charge in [-0.25, -0.2) is 8.78 Å². The summed E-state index contributed by atoms with van der Waals surface area (Å²) in [7, 11) is 0. The summed E-state index contributed by atoms with van der Waals surface area (Å²) in [4.78, 5) is 0. The summed E-state index contributed by atoms with van der Waals surface area (Å²) in [5.74, 6) is -4.39. The van der Waals surface area contributed by atoms with Gasteiger partial charge in [-0.2, -0.15) is 8.78 Å². The molecule has 0 rings (SSSR count). The molecule has 9 heteroatoms. The van der Waals surface area contributed by atoms with Gasteiger partial charge in [-0.05, 0) is 22.5 Å². The van der Waals surface area contributed by atoms with E-state index in [-0.39, 0.29) is 0 Å². The van der Waals surface area contributed by atoms with Gasteiger partial charge in [0.05, 0.1) is 0 Å². The third-order valence-corrected chi connectivity index (χ3v) is 1.74. The molecule has 2 nitrogen and oxygen atoms in total. The van der Waals surface area contributed by atoms with Crippen molar-refractivity contribution in [2.75, 3.05) is 6.61 Å². The molecule has 0 unspecified atom stereocenters. The van der Waals surface area contributed by atoms with Crippen LogP contribution in [0.4, 0.5) is 17.6 Å². The van der Waals surface area contributed by atoms with Gasteiger partial charge < -0.3 is 0 Å². The van der Waals surface area contributed by atoms with Crippen LogP contribution in [-0.2, 0) is 9.09 Å². The van der Waals surface area contributed by atoms with E-state index in [1.165, 1.54) is 0 Å². The highest BCUT2D eigenvalue weighted by atomic mass is 35.9. The molecule has 0 aromatic heterocycles. The van der Waals surface area contributed by atoms with Crippen LogP contribution in [0.15, 0.2) is 0 Å². The molecule has 0 fully saturated rings. The van der Waals surface area contributed by atoms with Crippen LogP contribution in [0.25, 0.3) is 0 Å². The van der Waals surface area contributed by atoms with Crippen molar-refractivity contribution in [1.29, 1.82) is 0 Å². The molecule has 0 aromatic rings. The Labute approximate surface area is 74.8 Å². The third kappa shape index (κ3) is 5.19. The molecule has 0 aliphatic carbocycles. The minimum Gasteiger partial charge on any atom is -0.300 e. The number of hydrogen-bond acceptors (Lipinski definition) is 2. The van der Waals surface area contributed by atoms with E-state index >= 15 is 0 Å². The highest BCUT2D eigenvalue weighted by molar-refractivity contribution is 8.05. The minimum absolute atomic E-state index is 1.77. The van der Waals surface area contributed by atoms with Crippen molar-refractivity contribution in [1.82, 2.24) is 0 Å². The first-order chi connectivity index (χ1) is 5.15. The molecule has 0 bridgehead atoms. The van der Waals surface area contributed by atoms with Crippen molar-refractivity contribution in [2.24, 2.45) is 0 Å². The first-order valence-corrected chi connectivity index (χ1v) is 5.88. The summed E-state index contributed by atoms with van der Waals surface area (Å²) in [5, 5.41) is 0. The average molecular weight is 249 g/mol. The maximum atomic E-state index is 12.0. The van der Waals surface area contributed by atoms with Crippen LogP contribution >= 0.6 is 28.6 Å².